The van der Waals surface area contributed by atoms with Crippen molar-refractivity contribution >= 4 is 32.7 Å². The fourth-order valence-corrected chi connectivity index (χ4v) is 6.23. The molecule has 0 amide bonds. The molecule has 0 bridgehead atoms. The molecule has 8 rings (SSSR count). The molecule has 0 aliphatic rings. The Morgan fingerprint density at radius 1 is 0.660 bits per heavy atom. The maximum Gasteiger partial charge on any atom is 0.128 e. The van der Waals surface area contributed by atoms with E-state index in [2.05, 4.69) is 46.4 Å². The monoisotopic (exact) mass is 878 g/mol. The molecular weight excluding hydrogens is 825 g/mol. The number of fused-ring (bicyclic) bond motifs is 5. The van der Waals surface area contributed by atoms with Crippen LogP contribution in [-0.2, 0) is 32.9 Å². The molecule has 0 saturated carbocycles. The molecule has 3 heterocycles. The maximum atomic E-state index is 8.56. The van der Waals surface area contributed by atoms with E-state index in [0.29, 0.717) is 22.4 Å². The van der Waals surface area contributed by atoms with Crippen molar-refractivity contribution in [1.29, 1.82) is 0 Å². The summed E-state index contributed by atoms with van der Waals surface area (Å²) in [4.78, 5) is 8.96. The van der Waals surface area contributed by atoms with Crippen molar-refractivity contribution in [3.63, 3.8) is 0 Å². The third kappa shape index (κ3) is 9.02. The molecule has 53 heavy (non-hydrogen) atoms. The van der Waals surface area contributed by atoms with E-state index in [1.807, 2.05) is 102 Å². The number of pyridine rings is 2. The summed E-state index contributed by atoms with van der Waals surface area (Å²) in [6.45, 7) is 9.18. The first-order valence-electron chi connectivity index (χ1n) is 21.0. The summed E-state index contributed by atoms with van der Waals surface area (Å²) in [5.41, 5.74) is 7.02. The van der Waals surface area contributed by atoms with Crippen LogP contribution in [0.2, 0.25) is 0 Å². The predicted octanol–water partition coefficient (Wildman–Crippen LogP) is 13.3. The van der Waals surface area contributed by atoms with Gasteiger partial charge < -0.3 is 14.4 Å². The molecule has 269 valence electrons. The van der Waals surface area contributed by atoms with Crippen molar-refractivity contribution in [1.82, 2.24) is 9.97 Å². The van der Waals surface area contributed by atoms with E-state index in [-0.39, 0.29) is 25.7 Å². The number of rotatable bonds is 5. The van der Waals surface area contributed by atoms with Gasteiger partial charge in [0.15, 0.2) is 0 Å². The largest absolute Gasteiger partial charge is 0.500 e. The standard InChI is InChI=1S/C32H26NO.C17H20N.Ir/c1-32(2,3)20-21-11-13-22(14-12-21)24-17-18-33-29(19-24)28-10-6-9-26-27-16-15-23-7-4-5-8-25(23)30(27)34-31(26)28;1-13-5-8-15(9-6-13)16-10-7-14(12-18-16)11-17(2,3)4;/h4-9,11-19H,20H2,1-3H3;5-8,10,12H,11H2,1-4H3;/q2*-1;/i20D2;1D3,11D2;. The summed E-state index contributed by atoms with van der Waals surface area (Å²) in [6, 6.07) is 42.7. The SMILES string of the molecule is [2H]C([2H])([2H])c1c[c-]c(-c2ccc(C([2H])([2H])C(C)(C)C)cn2)cc1.[2H]C([2H])(c1ccc(-c2ccnc(-c3[c-]ccc4c3oc3c5ccccc5ccc43)c2)cc1)C(C)(C)C.[Ir]. The van der Waals surface area contributed by atoms with Crippen molar-refractivity contribution in [3.8, 4) is 33.6 Å². The molecule has 8 aromatic rings. The van der Waals surface area contributed by atoms with Crippen LogP contribution in [0.4, 0.5) is 0 Å². The van der Waals surface area contributed by atoms with Crippen LogP contribution in [0.5, 0.6) is 0 Å². The Bertz CT molecular complexity index is 2760. The molecule has 0 unspecified atom stereocenters. The molecule has 3 aromatic heterocycles. The van der Waals surface area contributed by atoms with Gasteiger partial charge in [-0.05, 0) is 68.7 Å². The minimum absolute atomic E-state index is 0. The molecule has 5 aromatic carbocycles. The van der Waals surface area contributed by atoms with Crippen molar-refractivity contribution in [2.24, 2.45) is 10.8 Å². The van der Waals surface area contributed by atoms with Gasteiger partial charge in [-0.25, -0.2) is 0 Å². The Balaban J connectivity index is 0.000000219. The number of aryl methyl sites for hydroxylation is 1. The zero-order valence-corrected chi connectivity index (χ0v) is 33.2. The van der Waals surface area contributed by atoms with Gasteiger partial charge in [-0.1, -0.05) is 138 Å². The molecule has 4 heteroatoms. The van der Waals surface area contributed by atoms with Gasteiger partial charge in [0.25, 0.3) is 0 Å². The number of benzene rings is 5. The zero-order chi connectivity index (χ0) is 42.5. The molecule has 1 radical (unpaired) electrons. The van der Waals surface area contributed by atoms with E-state index in [9.17, 15) is 0 Å². The molecule has 0 fully saturated rings. The second-order valence-corrected chi connectivity index (χ2v) is 15.0. The maximum absolute atomic E-state index is 8.56. The number of furan rings is 1. The van der Waals surface area contributed by atoms with E-state index in [1.54, 1.807) is 30.5 Å². The van der Waals surface area contributed by atoms with Gasteiger partial charge >= 0.3 is 0 Å². The van der Waals surface area contributed by atoms with Crippen LogP contribution in [0.25, 0.3) is 66.4 Å². The minimum atomic E-state index is -2.14. The van der Waals surface area contributed by atoms with Crippen LogP contribution in [-0.4, -0.2) is 9.97 Å². The molecule has 0 N–H and O–H groups in total. The summed E-state index contributed by atoms with van der Waals surface area (Å²) in [7, 11) is 0. The Hall–Kier alpha value is -4.89. The molecule has 3 nitrogen and oxygen atoms in total. The van der Waals surface area contributed by atoms with Gasteiger partial charge in [0, 0.05) is 52.9 Å². The number of nitrogens with zero attached hydrogens (tertiary/aromatic N) is 2. The zero-order valence-electron chi connectivity index (χ0n) is 37.8. The molecule has 0 spiro atoms. The van der Waals surface area contributed by atoms with Crippen molar-refractivity contribution < 1.29 is 34.1 Å². The first kappa shape index (κ1) is 29.6. The second kappa shape index (κ2) is 15.6. The van der Waals surface area contributed by atoms with Gasteiger partial charge in [-0.15, -0.1) is 53.6 Å². The first-order valence-corrected chi connectivity index (χ1v) is 17.5. The average Bonchev–Trinajstić information content (AvgIpc) is 3.60. The van der Waals surface area contributed by atoms with Crippen LogP contribution < -0.4 is 0 Å². The first-order chi connectivity index (χ1) is 27.7. The summed E-state index contributed by atoms with van der Waals surface area (Å²) in [6.07, 6.45) is 0.419. The summed E-state index contributed by atoms with van der Waals surface area (Å²) >= 11 is 0. The number of hydrogen-bond acceptors (Lipinski definition) is 3. The molecule has 0 atom stereocenters. The van der Waals surface area contributed by atoms with E-state index < -0.39 is 30.4 Å². The van der Waals surface area contributed by atoms with Crippen molar-refractivity contribution in [2.75, 3.05) is 0 Å². The fourth-order valence-electron chi connectivity index (χ4n) is 6.23. The average molecular weight is 878 g/mol. The Kier molecular flexibility index (Phi) is 8.70. The summed E-state index contributed by atoms with van der Waals surface area (Å²) in [5, 5.41) is 4.37. The summed E-state index contributed by atoms with van der Waals surface area (Å²) in [5.74, 6) is 0. The topological polar surface area (TPSA) is 38.9 Å². The Morgan fingerprint density at radius 3 is 2.09 bits per heavy atom. The molecule has 0 aliphatic heterocycles. The van der Waals surface area contributed by atoms with Crippen LogP contribution in [0.1, 0.15) is 67.8 Å². The molecule has 0 aliphatic carbocycles. The van der Waals surface area contributed by atoms with Crippen molar-refractivity contribution in [3.05, 3.63) is 156 Å². The van der Waals surface area contributed by atoms with Gasteiger partial charge in [-0.3, -0.25) is 0 Å². The minimum Gasteiger partial charge on any atom is -0.500 e. The van der Waals surface area contributed by atoms with Crippen LogP contribution in [0.3, 0.4) is 0 Å². The van der Waals surface area contributed by atoms with Gasteiger partial charge in [0.1, 0.15) is 5.58 Å². The Morgan fingerprint density at radius 2 is 1.40 bits per heavy atom. The van der Waals surface area contributed by atoms with Crippen LogP contribution in [0.15, 0.2) is 132 Å². The normalized spacial score (nSPS) is 14.4. The van der Waals surface area contributed by atoms with Gasteiger partial charge in [-0.2, -0.15) is 0 Å². The summed E-state index contributed by atoms with van der Waals surface area (Å²) < 4.78 is 62.2. The third-order valence-corrected chi connectivity index (χ3v) is 8.45. The quantitative estimate of drug-likeness (QED) is 0.162. The smallest absolute Gasteiger partial charge is 0.128 e. The van der Waals surface area contributed by atoms with Gasteiger partial charge in [0.2, 0.25) is 0 Å². The fraction of sp³-hybridized carbons (Fsp3) is 0.224. The predicted molar refractivity (Wildman–Crippen MR) is 218 cm³/mol. The molecule has 0 saturated heterocycles. The van der Waals surface area contributed by atoms with Gasteiger partial charge in [0.05, 0.1) is 5.58 Å². The third-order valence-electron chi connectivity index (χ3n) is 8.45. The van der Waals surface area contributed by atoms with Crippen LogP contribution in [0, 0.1) is 29.8 Å². The number of aromatic nitrogens is 2. The van der Waals surface area contributed by atoms with E-state index in [0.717, 1.165) is 55.1 Å². The van der Waals surface area contributed by atoms with E-state index in [1.165, 1.54) is 12.3 Å². The number of hydrogen-bond donors (Lipinski definition) is 0. The van der Waals surface area contributed by atoms with Crippen LogP contribution >= 0.6 is 0 Å². The second-order valence-electron chi connectivity index (χ2n) is 15.0. The molecular formula is C49H46IrN2O-2. The van der Waals surface area contributed by atoms with E-state index >= 15 is 0 Å². The van der Waals surface area contributed by atoms with E-state index in [4.69, 9.17) is 14.0 Å². The Labute approximate surface area is 337 Å². The van der Waals surface area contributed by atoms with Crippen molar-refractivity contribution in [2.45, 2.75) is 61.1 Å².